The summed E-state index contributed by atoms with van der Waals surface area (Å²) >= 11 is 0. The molecule has 18 nitrogen and oxygen atoms in total. The Balaban J connectivity index is -0.000000241. The molecular weight excluding hydrogens is 582 g/mol. The van der Waals surface area contributed by atoms with Crippen LogP contribution in [0, 0.1) is 0 Å². The Kier molecular flexibility index (Phi) is 31.1. The number of carbonyl (C=O) groups is 7. The van der Waals surface area contributed by atoms with Gasteiger partial charge in [0.2, 0.25) is 0 Å². The molecule has 2 unspecified atom stereocenters. The number of hydrogen-bond donors (Lipinski definition) is 9. The molecule has 2 atom stereocenters. The molecule has 242 valence electrons. The largest absolute Gasteiger partial charge is 0.504 e. The Morgan fingerprint density at radius 2 is 1.21 bits per heavy atom. The van der Waals surface area contributed by atoms with Gasteiger partial charge >= 0.3 is 35.8 Å². The molecule has 0 rings (SSSR count). The van der Waals surface area contributed by atoms with Gasteiger partial charge in [0.15, 0.2) is 0 Å². The minimum absolute atomic E-state index is 0.0750. The third kappa shape index (κ3) is 39.0. The highest BCUT2D eigenvalue weighted by Gasteiger charge is 2.10. The Labute approximate surface area is 245 Å². The summed E-state index contributed by atoms with van der Waals surface area (Å²) in [6.45, 7) is 2.08. The predicted molar refractivity (Wildman–Crippen MR) is 149 cm³/mol. The van der Waals surface area contributed by atoms with Gasteiger partial charge in [0.05, 0.1) is 32.2 Å². The Morgan fingerprint density at radius 1 is 0.721 bits per heavy atom. The van der Waals surface area contributed by atoms with Gasteiger partial charge in [-0.1, -0.05) is 30.4 Å². The first kappa shape index (κ1) is 44.8. The van der Waals surface area contributed by atoms with E-state index in [1.807, 2.05) is 0 Å². The molecule has 0 fully saturated rings. The van der Waals surface area contributed by atoms with E-state index in [-0.39, 0.29) is 25.2 Å². The lowest BCUT2D eigenvalue weighted by atomic mass is 10.2. The first-order chi connectivity index (χ1) is 19.9. The lowest BCUT2D eigenvalue weighted by Crippen LogP contribution is -2.29. The number of ketones is 1. The monoisotopic (exact) mass is 619 g/mol. The van der Waals surface area contributed by atoms with Crippen LogP contribution in [0.5, 0.6) is 0 Å². The zero-order chi connectivity index (χ0) is 34.4. The van der Waals surface area contributed by atoms with Crippen LogP contribution in [0.2, 0.25) is 0 Å². The van der Waals surface area contributed by atoms with E-state index in [4.69, 9.17) is 52.6 Å². The topological polar surface area (TPSA) is 337 Å². The van der Waals surface area contributed by atoms with E-state index < -0.39 is 53.7 Å². The van der Waals surface area contributed by atoms with E-state index in [0.717, 1.165) is 24.3 Å². The minimum atomic E-state index is -1.58. The maximum absolute atomic E-state index is 10.4. The lowest BCUT2D eigenvalue weighted by molar-refractivity contribution is -0.146. The summed E-state index contributed by atoms with van der Waals surface area (Å²) in [5.74, 6) is -7.95. The van der Waals surface area contributed by atoms with E-state index in [2.05, 4.69) is 4.74 Å². The molecule has 0 aliphatic rings. The van der Waals surface area contributed by atoms with Gasteiger partial charge in [-0.3, -0.25) is 14.4 Å². The summed E-state index contributed by atoms with van der Waals surface area (Å²) in [6.07, 6.45) is 10.5. The molecule has 0 aromatic rings. The van der Waals surface area contributed by atoms with Crippen LogP contribution in [0.25, 0.3) is 0 Å². The summed E-state index contributed by atoms with van der Waals surface area (Å²) in [5.41, 5.74) is 15.4. The Morgan fingerprint density at radius 3 is 1.51 bits per heavy atom. The zero-order valence-electron chi connectivity index (χ0n) is 23.3. The maximum atomic E-state index is 10.4. The number of aliphatic carboxylic acids is 6. The number of hydrogen-bond acceptors (Lipinski definition) is 12. The fourth-order valence-corrected chi connectivity index (χ4v) is 1.53. The van der Waals surface area contributed by atoms with Crippen LogP contribution in [-0.4, -0.2) is 111 Å². The van der Waals surface area contributed by atoms with E-state index in [0.29, 0.717) is 6.54 Å². The van der Waals surface area contributed by atoms with Gasteiger partial charge in [-0.2, -0.15) is 0 Å². The molecule has 0 radical (unpaired) electrons. The first-order valence-electron chi connectivity index (χ1n) is 11.5. The average molecular weight is 620 g/mol. The third-order valence-electron chi connectivity index (χ3n) is 3.53. The van der Waals surface area contributed by atoms with Crippen LogP contribution in [0.4, 0.5) is 0 Å². The highest BCUT2D eigenvalue weighted by atomic mass is 16.5. The van der Waals surface area contributed by atoms with Gasteiger partial charge in [0.1, 0.15) is 12.1 Å². The van der Waals surface area contributed by atoms with Gasteiger partial charge in [-0.15, -0.1) is 0 Å². The van der Waals surface area contributed by atoms with Crippen LogP contribution in [0.1, 0.15) is 13.3 Å². The summed E-state index contributed by atoms with van der Waals surface area (Å²) in [4.78, 5) is 70.3. The van der Waals surface area contributed by atoms with E-state index >= 15 is 0 Å². The highest BCUT2D eigenvalue weighted by Crippen LogP contribution is 1.91. The number of nitrogens with two attached hydrogens (primary N) is 3. The number of carboxylic acids is 6. The van der Waals surface area contributed by atoms with E-state index in [1.165, 1.54) is 44.6 Å². The number of carboxylic acid groups (broad SMARTS) is 6. The van der Waals surface area contributed by atoms with Crippen LogP contribution in [0.15, 0.2) is 60.4 Å². The van der Waals surface area contributed by atoms with Gasteiger partial charge in [0, 0.05) is 18.7 Å². The summed E-state index contributed by atoms with van der Waals surface area (Å²) in [7, 11) is 1.41. The zero-order valence-corrected chi connectivity index (χ0v) is 23.3. The quantitative estimate of drug-likeness (QED) is 0.0322. The molecule has 0 spiro atoms. The summed E-state index contributed by atoms with van der Waals surface area (Å²) in [5, 5.41) is 49.1. The van der Waals surface area contributed by atoms with Crippen molar-refractivity contribution in [3.63, 3.8) is 0 Å². The molecular formula is C25H37N3O15. The molecule has 43 heavy (non-hydrogen) atoms. The van der Waals surface area contributed by atoms with Crippen molar-refractivity contribution in [2.75, 3.05) is 26.9 Å². The number of carbonyl (C=O) groups excluding carboxylic acids is 1. The molecule has 18 heteroatoms. The average Bonchev–Trinajstić information content (AvgIpc) is 2.91. The van der Waals surface area contributed by atoms with Crippen LogP contribution in [0.3, 0.4) is 0 Å². The molecule has 0 saturated heterocycles. The fourth-order valence-electron chi connectivity index (χ4n) is 1.53. The second-order valence-corrected chi connectivity index (χ2v) is 7.14. The maximum Gasteiger partial charge on any atom is 0.376 e. The molecule has 0 amide bonds. The van der Waals surface area contributed by atoms with Crippen molar-refractivity contribution < 1.29 is 73.7 Å². The number of methoxy groups -OCH3 is 1. The Bertz CT molecular complexity index is 1020. The van der Waals surface area contributed by atoms with E-state index in [1.54, 1.807) is 0 Å². The molecule has 0 bridgehead atoms. The fraction of sp³-hybridized carbons (Fsp3) is 0.320. The van der Waals surface area contributed by atoms with Crippen molar-refractivity contribution in [2.24, 2.45) is 17.2 Å². The van der Waals surface area contributed by atoms with Crippen LogP contribution >= 0.6 is 0 Å². The van der Waals surface area contributed by atoms with Crippen molar-refractivity contribution in [3.8, 4) is 0 Å². The highest BCUT2D eigenvalue weighted by molar-refractivity contribution is 6.37. The molecule has 0 saturated carbocycles. The smallest absolute Gasteiger partial charge is 0.376 e. The molecule has 0 aliphatic carbocycles. The minimum Gasteiger partial charge on any atom is -0.504 e. The second kappa shape index (κ2) is 29.8. The molecule has 0 aliphatic heterocycles. The molecule has 0 aromatic carbocycles. The van der Waals surface area contributed by atoms with Crippen molar-refractivity contribution in [1.82, 2.24) is 0 Å². The van der Waals surface area contributed by atoms with Gasteiger partial charge in [-0.25, -0.2) is 19.2 Å². The van der Waals surface area contributed by atoms with Crippen molar-refractivity contribution >= 4 is 41.6 Å². The van der Waals surface area contributed by atoms with E-state index in [9.17, 15) is 33.6 Å². The molecule has 0 heterocycles. The Hall–Kier alpha value is -5.17. The third-order valence-corrected chi connectivity index (χ3v) is 3.53. The number of rotatable bonds is 16. The molecule has 0 aromatic heterocycles. The van der Waals surface area contributed by atoms with Crippen molar-refractivity contribution in [1.29, 1.82) is 0 Å². The van der Waals surface area contributed by atoms with Crippen LogP contribution in [-0.2, 0) is 43.0 Å². The lowest BCUT2D eigenvalue weighted by Gasteiger charge is -1.99. The van der Waals surface area contributed by atoms with Gasteiger partial charge in [0.25, 0.3) is 5.78 Å². The predicted octanol–water partition coefficient (Wildman–Crippen LogP) is -1.18. The van der Waals surface area contributed by atoms with Crippen molar-refractivity contribution in [2.45, 2.75) is 25.4 Å². The first-order valence-corrected chi connectivity index (χ1v) is 11.5. The summed E-state index contributed by atoms with van der Waals surface area (Å²) in [6, 6.07) is -2.04. The summed E-state index contributed by atoms with van der Waals surface area (Å²) < 4.78 is 9.26. The standard InChI is InChI=1S/C8H10O5.C7H9NO5.C5H10N2O2.C5H8O3/c9-7(10)3-1-5-13-6-2-4-8(11)12;8-4(6(10)11)2-1-3-5(9)7(12)13;6-3-1-2-4(7)5(8)9;1-4(3-8-2)5(6)7/h1-4H,5-6H2,(H,9,10)(H,11,12);1,3-4H,2,8H2,(H,10,11)(H,12,13);1-2,4H,3,6-7H2,(H,8,9);3H,1-2H3,(H,6,7)/b3-1+,4-2+;3-1+;2-1+;. The van der Waals surface area contributed by atoms with Crippen molar-refractivity contribution in [3.05, 3.63) is 60.4 Å². The van der Waals surface area contributed by atoms with Gasteiger partial charge < -0.3 is 57.3 Å². The SMILES string of the molecule is COC=C(C)C(=O)O.NC(C/C=C/C(=O)C(=O)O)C(=O)O.NC/C=C/C(N)C(=O)O.O=C(O)/C=C/COC/C=C/C(=O)O. The van der Waals surface area contributed by atoms with Gasteiger partial charge in [-0.05, 0) is 19.4 Å². The number of ether oxygens (including phenoxy) is 2. The second-order valence-electron chi connectivity index (χ2n) is 7.14. The molecule has 12 N–H and O–H groups in total. The normalized spacial score (nSPS) is 12.2. The van der Waals surface area contributed by atoms with Crippen LogP contribution < -0.4 is 17.2 Å².